The van der Waals surface area contributed by atoms with Crippen molar-refractivity contribution >= 4 is 10.9 Å². The molecule has 0 amide bonds. The summed E-state index contributed by atoms with van der Waals surface area (Å²) >= 11 is 0. The van der Waals surface area contributed by atoms with Crippen LogP contribution in [-0.4, -0.2) is 10.1 Å². The monoisotopic (exact) mass is 203 g/mol. The first kappa shape index (κ1) is 9.77. The summed E-state index contributed by atoms with van der Waals surface area (Å²) in [5.41, 5.74) is 1.93. The van der Waals surface area contributed by atoms with Crippen LogP contribution in [0.1, 0.15) is 18.1 Å². The molecule has 2 N–H and O–H groups in total. The largest absolute Gasteiger partial charge is 0.507 e. The van der Waals surface area contributed by atoms with Crippen molar-refractivity contribution < 1.29 is 5.11 Å². The van der Waals surface area contributed by atoms with Crippen molar-refractivity contribution in [1.29, 1.82) is 0 Å². The van der Waals surface area contributed by atoms with E-state index in [0.717, 1.165) is 11.1 Å². The molecule has 2 aromatic rings. The maximum Gasteiger partial charge on any atom is 0.255 e. The van der Waals surface area contributed by atoms with E-state index in [2.05, 4.69) is 4.98 Å². The number of hydrogen-bond acceptors (Lipinski definition) is 2. The number of fused-ring (bicyclic) bond motifs is 1. The average molecular weight is 203 g/mol. The number of aromatic amines is 1. The van der Waals surface area contributed by atoms with Gasteiger partial charge in [0, 0.05) is 5.39 Å². The van der Waals surface area contributed by atoms with Crippen molar-refractivity contribution in [2.24, 2.45) is 0 Å². The van der Waals surface area contributed by atoms with E-state index in [1.807, 2.05) is 32.0 Å². The maximum atomic E-state index is 11.6. The fourth-order valence-corrected chi connectivity index (χ4v) is 1.82. The van der Waals surface area contributed by atoms with Crippen LogP contribution in [0.2, 0.25) is 0 Å². The van der Waals surface area contributed by atoms with Crippen molar-refractivity contribution in [3.63, 3.8) is 0 Å². The Kier molecular flexibility index (Phi) is 2.23. The Bertz CT molecular complexity index is 570. The molecule has 0 spiro atoms. The van der Waals surface area contributed by atoms with Gasteiger partial charge in [0.05, 0.1) is 11.1 Å². The lowest BCUT2D eigenvalue weighted by atomic mass is 10.1. The molecule has 0 radical (unpaired) electrons. The van der Waals surface area contributed by atoms with Gasteiger partial charge in [-0.25, -0.2) is 0 Å². The fraction of sp³-hybridized carbons (Fsp3) is 0.250. The first-order valence-corrected chi connectivity index (χ1v) is 4.98. The van der Waals surface area contributed by atoms with Gasteiger partial charge in [-0.05, 0) is 25.0 Å². The highest BCUT2D eigenvalue weighted by Crippen LogP contribution is 2.26. The molecule has 0 fully saturated rings. The van der Waals surface area contributed by atoms with Crippen molar-refractivity contribution in [3.05, 3.63) is 39.7 Å². The molecule has 1 aromatic carbocycles. The number of hydrogen-bond donors (Lipinski definition) is 2. The molecule has 2 rings (SSSR count). The van der Waals surface area contributed by atoms with Crippen LogP contribution in [0.25, 0.3) is 10.9 Å². The molecule has 15 heavy (non-hydrogen) atoms. The van der Waals surface area contributed by atoms with E-state index < -0.39 is 0 Å². The predicted octanol–water partition coefficient (Wildman–Crippen LogP) is 2.10. The van der Waals surface area contributed by atoms with E-state index in [1.54, 1.807) is 0 Å². The van der Waals surface area contributed by atoms with E-state index in [4.69, 9.17) is 0 Å². The van der Waals surface area contributed by atoms with Crippen LogP contribution >= 0.6 is 0 Å². The molecule has 3 heteroatoms. The minimum absolute atomic E-state index is 0.111. The molecular formula is C12H13NO2. The summed E-state index contributed by atoms with van der Waals surface area (Å²) in [6.07, 6.45) is 0.533. The maximum absolute atomic E-state index is 11.6. The van der Waals surface area contributed by atoms with Gasteiger partial charge in [-0.3, -0.25) is 4.79 Å². The number of rotatable bonds is 1. The molecule has 1 heterocycles. The minimum Gasteiger partial charge on any atom is -0.507 e. The van der Waals surface area contributed by atoms with Crippen LogP contribution in [0.15, 0.2) is 23.0 Å². The molecule has 0 unspecified atom stereocenters. The molecule has 0 saturated heterocycles. The number of para-hydroxylation sites is 1. The van der Waals surface area contributed by atoms with E-state index in [0.29, 0.717) is 17.4 Å². The highest BCUT2D eigenvalue weighted by atomic mass is 16.3. The molecule has 0 bridgehead atoms. The lowest BCUT2D eigenvalue weighted by Crippen LogP contribution is -2.12. The van der Waals surface area contributed by atoms with Crippen molar-refractivity contribution in [1.82, 2.24) is 4.98 Å². The van der Waals surface area contributed by atoms with Crippen LogP contribution in [-0.2, 0) is 6.42 Å². The zero-order valence-corrected chi connectivity index (χ0v) is 8.79. The Morgan fingerprint density at radius 3 is 2.80 bits per heavy atom. The van der Waals surface area contributed by atoms with E-state index >= 15 is 0 Å². The number of aryl methyl sites for hydroxylation is 1. The molecule has 1 aromatic heterocycles. The van der Waals surface area contributed by atoms with E-state index in [9.17, 15) is 9.90 Å². The van der Waals surface area contributed by atoms with Gasteiger partial charge < -0.3 is 10.1 Å². The normalized spacial score (nSPS) is 10.8. The standard InChI is InChI=1S/C12H13NO2/c1-3-8-11(14)9-6-4-5-7(2)10(9)13-12(8)15/h4-6H,3H2,1-2H3,(H2,13,14,15). The lowest BCUT2D eigenvalue weighted by Gasteiger charge is -2.07. The third-order valence-electron chi connectivity index (χ3n) is 2.68. The Morgan fingerprint density at radius 1 is 1.40 bits per heavy atom. The zero-order valence-electron chi connectivity index (χ0n) is 8.79. The number of aromatic hydroxyl groups is 1. The summed E-state index contributed by atoms with van der Waals surface area (Å²) in [5, 5.41) is 10.6. The van der Waals surface area contributed by atoms with Gasteiger partial charge in [0.1, 0.15) is 5.75 Å². The number of H-pyrrole nitrogens is 1. The summed E-state index contributed by atoms with van der Waals surface area (Å²) in [4.78, 5) is 14.4. The molecular weight excluding hydrogens is 190 g/mol. The topological polar surface area (TPSA) is 53.1 Å². The molecule has 0 aliphatic carbocycles. The Balaban J connectivity index is 2.97. The Hall–Kier alpha value is -1.77. The smallest absolute Gasteiger partial charge is 0.255 e. The zero-order chi connectivity index (χ0) is 11.0. The molecule has 0 aliphatic rings. The van der Waals surface area contributed by atoms with Crippen molar-refractivity contribution in [3.8, 4) is 5.75 Å². The van der Waals surface area contributed by atoms with Gasteiger partial charge >= 0.3 is 0 Å². The van der Waals surface area contributed by atoms with Gasteiger partial charge in [0.25, 0.3) is 5.56 Å². The molecule has 0 saturated carbocycles. The van der Waals surface area contributed by atoms with Crippen LogP contribution in [0.5, 0.6) is 5.75 Å². The number of pyridine rings is 1. The molecule has 78 valence electrons. The third-order valence-corrected chi connectivity index (χ3v) is 2.68. The highest BCUT2D eigenvalue weighted by Gasteiger charge is 2.10. The molecule has 0 aliphatic heterocycles. The minimum atomic E-state index is -0.197. The van der Waals surface area contributed by atoms with Gasteiger partial charge in [0.15, 0.2) is 0 Å². The summed E-state index contributed by atoms with van der Waals surface area (Å²) in [7, 11) is 0. The predicted molar refractivity (Wildman–Crippen MR) is 60.3 cm³/mol. The van der Waals surface area contributed by atoms with Crippen molar-refractivity contribution in [2.75, 3.05) is 0 Å². The van der Waals surface area contributed by atoms with Crippen molar-refractivity contribution in [2.45, 2.75) is 20.3 Å². The van der Waals surface area contributed by atoms with Crippen LogP contribution in [0, 0.1) is 6.92 Å². The van der Waals surface area contributed by atoms with E-state index in [-0.39, 0.29) is 11.3 Å². The van der Waals surface area contributed by atoms with Gasteiger partial charge in [-0.15, -0.1) is 0 Å². The first-order chi connectivity index (χ1) is 7.15. The van der Waals surface area contributed by atoms with Crippen LogP contribution in [0.3, 0.4) is 0 Å². The second-order valence-corrected chi connectivity index (χ2v) is 3.63. The first-order valence-electron chi connectivity index (χ1n) is 4.98. The summed E-state index contributed by atoms with van der Waals surface area (Å²) in [6.45, 7) is 3.76. The summed E-state index contributed by atoms with van der Waals surface area (Å²) in [5.74, 6) is 0.111. The fourth-order valence-electron chi connectivity index (χ4n) is 1.82. The average Bonchev–Trinajstić information content (AvgIpc) is 2.20. The number of benzene rings is 1. The Labute approximate surface area is 87.4 Å². The quantitative estimate of drug-likeness (QED) is 0.745. The second-order valence-electron chi connectivity index (χ2n) is 3.63. The summed E-state index contributed by atoms with van der Waals surface area (Å²) in [6, 6.07) is 5.59. The molecule has 3 nitrogen and oxygen atoms in total. The van der Waals surface area contributed by atoms with E-state index in [1.165, 1.54) is 0 Å². The van der Waals surface area contributed by atoms with Gasteiger partial charge in [0.2, 0.25) is 0 Å². The SMILES string of the molecule is CCc1c(O)c2cccc(C)c2[nH]c1=O. The van der Waals surface area contributed by atoms with Gasteiger partial charge in [-0.2, -0.15) is 0 Å². The van der Waals surface area contributed by atoms with Crippen LogP contribution < -0.4 is 5.56 Å². The Morgan fingerprint density at radius 2 is 2.13 bits per heavy atom. The number of aromatic nitrogens is 1. The third kappa shape index (κ3) is 1.40. The summed E-state index contributed by atoms with van der Waals surface area (Å²) < 4.78 is 0. The van der Waals surface area contributed by atoms with Gasteiger partial charge in [-0.1, -0.05) is 19.1 Å². The molecule has 0 atom stereocenters. The second kappa shape index (κ2) is 3.42. The lowest BCUT2D eigenvalue weighted by molar-refractivity contribution is 0.473. The highest BCUT2D eigenvalue weighted by molar-refractivity contribution is 5.88. The van der Waals surface area contributed by atoms with Crippen LogP contribution in [0.4, 0.5) is 0 Å². The number of nitrogens with one attached hydrogen (secondary N) is 1.